The van der Waals surface area contributed by atoms with Crippen LogP contribution in [0.2, 0.25) is 0 Å². The number of halogens is 1. The van der Waals surface area contributed by atoms with Gasteiger partial charge in [-0.3, -0.25) is 0 Å². The third kappa shape index (κ3) is 3.05. The topological polar surface area (TPSA) is 63.4 Å². The predicted molar refractivity (Wildman–Crippen MR) is 81.7 cm³/mol. The summed E-state index contributed by atoms with van der Waals surface area (Å²) >= 11 is 4.76. The smallest absolute Gasteiger partial charge is 0.245 e. The predicted octanol–water partition coefficient (Wildman–Crippen LogP) is 2.92. The van der Waals surface area contributed by atoms with Crippen molar-refractivity contribution in [2.45, 2.75) is 50.1 Å². The lowest BCUT2D eigenvalue weighted by Crippen LogP contribution is -2.43. The lowest BCUT2D eigenvalue weighted by molar-refractivity contribution is 0.246. The van der Waals surface area contributed by atoms with Gasteiger partial charge in [0.1, 0.15) is 4.90 Å². The highest BCUT2D eigenvalue weighted by Gasteiger charge is 2.34. The van der Waals surface area contributed by atoms with Crippen molar-refractivity contribution in [2.75, 3.05) is 6.54 Å². The van der Waals surface area contributed by atoms with E-state index >= 15 is 0 Å². The van der Waals surface area contributed by atoms with E-state index in [-0.39, 0.29) is 6.04 Å². The second kappa shape index (κ2) is 6.22. The minimum atomic E-state index is -3.40. The van der Waals surface area contributed by atoms with Gasteiger partial charge in [-0.25, -0.2) is 8.42 Å². The second-order valence-electron chi connectivity index (χ2n) is 4.73. The highest BCUT2D eigenvalue weighted by molar-refractivity contribution is 9.11. The van der Waals surface area contributed by atoms with Gasteiger partial charge in [0.2, 0.25) is 10.0 Å². The fraction of sp³-hybridized carbons (Fsp3) is 0.667. The maximum atomic E-state index is 12.8. The first-order valence-corrected chi connectivity index (χ1v) is 9.55. The molecule has 1 aromatic heterocycles. The van der Waals surface area contributed by atoms with Gasteiger partial charge in [-0.15, -0.1) is 11.3 Å². The Hall–Kier alpha value is 0.0500. The third-order valence-corrected chi connectivity index (χ3v) is 7.76. The summed E-state index contributed by atoms with van der Waals surface area (Å²) in [5, 5.41) is 0. The van der Waals surface area contributed by atoms with Crippen LogP contribution in [-0.4, -0.2) is 25.3 Å². The first-order chi connectivity index (χ1) is 9.00. The summed E-state index contributed by atoms with van der Waals surface area (Å²) in [6, 6.07) is 1.83. The van der Waals surface area contributed by atoms with Crippen LogP contribution < -0.4 is 5.73 Å². The summed E-state index contributed by atoms with van der Waals surface area (Å²) in [5.74, 6) is 0. The van der Waals surface area contributed by atoms with E-state index in [1.165, 1.54) is 11.3 Å². The molecule has 0 aliphatic carbocycles. The fourth-order valence-corrected chi connectivity index (χ4v) is 6.78. The Morgan fingerprint density at radius 2 is 2.26 bits per heavy atom. The molecule has 2 N–H and O–H groups in total. The van der Waals surface area contributed by atoms with Gasteiger partial charge >= 0.3 is 0 Å². The highest BCUT2D eigenvalue weighted by atomic mass is 79.9. The lowest BCUT2D eigenvalue weighted by atomic mass is 10.0. The van der Waals surface area contributed by atoms with Crippen LogP contribution in [0.3, 0.4) is 0 Å². The highest BCUT2D eigenvalue weighted by Crippen LogP contribution is 2.35. The van der Waals surface area contributed by atoms with Gasteiger partial charge in [0.05, 0.1) is 3.79 Å². The number of nitrogens with two attached hydrogens (primary N) is 1. The van der Waals surface area contributed by atoms with E-state index in [0.717, 1.165) is 30.6 Å². The summed E-state index contributed by atoms with van der Waals surface area (Å²) in [6.45, 7) is 3.05. The van der Waals surface area contributed by atoms with Crippen molar-refractivity contribution in [3.8, 4) is 0 Å². The molecule has 0 radical (unpaired) electrons. The molecule has 0 bridgehead atoms. The van der Waals surface area contributed by atoms with Crippen molar-refractivity contribution < 1.29 is 8.42 Å². The SMILES string of the molecule is CCC1CCCCN1S(=O)(=O)c1cc(CN)sc1Br. The number of nitrogens with zero attached hydrogens (tertiary/aromatic N) is 1. The van der Waals surface area contributed by atoms with Crippen LogP contribution in [-0.2, 0) is 16.6 Å². The molecule has 1 aliphatic rings. The van der Waals surface area contributed by atoms with Gasteiger partial charge < -0.3 is 5.73 Å². The number of rotatable bonds is 4. The molecule has 108 valence electrons. The van der Waals surface area contributed by atoms with Crippen LogP contribution in [0.25, 0.3) is 0 Å². The first kappa shape index (κ1) is 15.4. The Labute approximate surface area is 127 Å². The van der Waals surface area contributed by atoms with Crippen molar-refractivity contribution in [3.63, 3.8) is 0 Å². The average molecular weight is 367 g/mol. The van der Waals surface area contributed by atoms with E-state index in [9.17, 15) is 8.42 Å². The molecule has 0 amide bonds. The molecule has 0 aromatic carbocycles. The van der Waals surface area contributed by atoms with Crippen LogP contribution in [0.4, 0.5) is 0 Å². The van der Waals surface area contributed by atoms with Gasteiger partial charge in [0.25, 0.3) is 0 Å². The summed E-state index contributed by atoms with van der Waals surface area (Å²) < 4.78 is 27.9. The molecule has 0 spiro atoms. The number of hydrogen-bond acceptors (Lipinski definition) is 4. The molecule has 19 heavy (non-hydrogen) atoms. The van der Waals surface area contributed by atoms with E-state index in [0.29, 0.717) is 21.8 Å². The van der Waals surface area contributed by atoms with Crippen LogP contribution in [0, 0.1) is 0 Å². The van der Waals surface area contributed by atoms with Crippen LogP contribution in [0.5, 0.6) is 0 Å². The molecule has 1 fully saturated rings. The lowest BCUT2D eigenvalue weighted by Gasteiger charge is -2.33. The number of sulfonamides is 1. The van der Waals surface area contributed by atoms with Gasteiger partial charge in [0, 0.05) is 24.0 Å². The summed E-state index contributed by atoms with van der Waals surface area (Å²) in [4.78, 5) is 1.26. The normalized spacial score (nSPS) is 21.7. The molecule has 1 aromatic rings. The quantitative estimate of drug-likeness (QED) is 0.890. The van der Waals surface area contributed by atoms with E-state index in [1.54, 1.807) is 10.4 Å². The maximum Gasteiger partial charge on any atom is 0.245 e. The second-order valence-corrected chi connectivity index (χ2v) is 9.04. The Bertz CT molecular complexity index is 542. The molecular weight excluding hydrogens is 348 g/mol. The van der Waals surface area contributed by atoms with Crippen molar-refractivity contribution in [2.24, 2.45) is 5.73 Å². The van der Waals surface area contributed by atoms with Gasteiger partial charge in [-0.05, 0) is 41.3 Å². The van der Waals surface area contributed by atoms with E-state index in [4.69, 9.17) is 5.73 Å². The molecule has 0 saturated carbocycles. The third-order valence-electron chi connectivity index (χ3n) is 3.54. The van der Waals surface area contributed by atoms with Crippen molar-refractivity contribution in [1.82, 2.24) is 4.31 Å². The molecule has 1 unspecified atom stereocenters. The minimum absolute atomic E-state index is 0.131. The molecule has 2 rings (SSSR count). The molecule has 1 atom stereocenters. The summed E-state index contributed by atoms with van der Waals surface area (Å²) in [6.07, 6.45) is 3.89. The zero-order chi connectivity index (χ0) is 14.0. The van der Waals surface area contributed by atoms with Crippen molar-refractivity contribution in [1.29, 1.82) is 0 Å². The molecule has 1 aliphatic heterocycles. The van der Waals surface area contributed by atoms with Gasteiger partial charge in [-0.1, -0.05) is 13.3 Å². The largest absolute Gasteiger partial charge is 0.326 e. The number of piperidine rings is 1. The van der Waals surface area contributed by atoms with E-state index in [2.05, 4.69) is 15.9 Å². The Morgan fingerprint density at radius 3 is 2.84 bits per heavy atom. The van der Waals surface area contributed by atoms with Crippen molar-refractivity contribution >= 4 is 37.3 Å². The molecule has 1 saturated heterocycles. The zero-order valence-corrected chi connectivity index (χ0v) is 14.2. The molecule has 4 nitrogen and oxygen atoms in total. The minimum Gasteiger partial charge on any atom is -0.326 e. The van der Waals surface area contributed by atoms with Gasteiger partial charge in [-0.2, -0.15) is 4.31 Å². The Kier molecular flexibility index (Phi) is 5.05. The van der Waals surface area contributed by atoms with Gasteiger partial charge in [0.15, 0.2) is 0 Å². The summed E-state index contributed by atoms with van der Waals surface area (Å²) in [7, 11) is -3.40. The monoisotopic (exact) mass is 366 g/mol. The Balaban J connectivity index is 2.37. The number of hydrogen-bond donors (Lipinski definition) is 1. The summed E-state index contributed by atoms with van der Waals surface area (Å²) in [5.41, 5.74) is 5.59. The van der Waals surface area contributed by atoms with Crippen LogP contribution >= 0.6 is 27.3 Å². The fourth-order valence-electron chi connectivity index (χ4n) is 2.50. The number of thiophene rings is 1. The Morgan fingerprint density at radius 1 is 1.53 bits per heavy atom. The zero-order valence-electron chi connectivity index (χ0n) is 10.9. The maximum absolute atomic E-state index is 12.8. The molecule has 7 heteroatoms. The molecule has 2 heterocycles. The van der Waals surface area contributed by atoms with Crippen LogP contribution in [0.15, 0.2) is 14.7 Å². The van der Waals surface area contributed by atoms with E-state index in [1.807, 2.05) is 6.92 Å². The molecular formula is C12H19BrN2O2S2. The standard InChI is InChI=1S/C12H19BrN2O2S2/c1-2-9-5-3-4-6-15(9)19(16,17)11-7-10(8-14)18-12(11)13/h7,9H,2-6,8,14H2,1H3. The van der Waals surface area contributed by atoms with Crippen molar-refractivity contribution in [3.05, 3.63) is 14.7 Å². The van der Waals surface area contributed by atoms with Crippen LogP contribution in [0.1, 0.15) is 37.5 Å². The first-order valence-electron chi connectivity index (χ1n) is 6.50. The average Bonchev–Trinajstić information content (AvgIpc) is 2.80. The van der Waals surface area contributed by atoms with E-state index < -0.39 is 10.0 Å².